The number of rotatable bonds is 4. The molecule has 0 radical (unpaired) electrons. The number of alkyl halides is 3. The fourth-order valence-electron chi connectivity index (χ4n) is 3.53. The standard InChI is InChI=1S/C23H18ClF3N2OS/c24-16-10-8-14(9-11-16)13-28-22-20(18-6-1-2-7-19(18)31-22)21(30)29-17-5-3-4-15(12-17)23(25,26)27/h3-5,8-13H,1-2,6-7H2,(H,29,30)/b28-13+. The van der Waals surface area contributed by atoms with E-state index in [0.717, 1.165) is 53.8 Å². The number of anilines is 1. The van der Waals surface area contributed by atoms with E-state index in [9.17, 15) is 18.0 Å². The molecule has 1 aliphatic carbocycles. The molecule has 0 fully saturated rings. The van der Waals surface area contributed by atoms with Crippen LogP contribution in [-0.2, 0) is 19.0 Å². The first-order valence-corrected chi connectivity index (χ1v) is 10.9. The number of carbonyl (C=O) groups is 1. The Labute approximate surface area is 186 Å². The van der Waals surface area contributed by atoms with Gasteiger partial charge in [-0.3, -0.25) is 4.79 Å². The van der Waals surface area contributed by atoms with Crippen molar-refractivity contribution in [3.05, 3.63) is 80.7 Å². The number of nitrogens with zero attached hydrogens (tertiary/aromatic N) is 1. The molecule has 8 heteroatoms. The zero-order chi connectivity index (χ0) is 22.0. The Bertz CT molecular complexity index is 1140. The number of amides is 1. The molecule has 1 aromatic heterocycles. The van der Waals surface area contributed by atoms with Crippen molar-refractivity contribution in [3.63, 3.8) is 0 Å². The van der Waals surface area contributed by atoms with Gasteiger partial charge in [-0.2, -0.15) is 13.2 Å². The summed E-state index contributed by atoms with van der Waals surface area (Å²) < 4.78 is 39.0. The fraction of sp³-hybridized carbons (Fsp3) is 0.217. The van der Waals surface area contributed by atoms with Gasteiger partial charge < -0.3 is 5.32 Å². The van der Waals surface area contributed by atoms with E-state index in [4.69, 9.17) is 11.6 Å². The van der Waals surface area contributed by atoms with E-state index >= 15 is 0 Å². The van der Waals surface area contributed by atoms with Crippen LogP contribution in [-0.4, -0.2) is 12.1 Å². The highest BCUT2D eigenvalue weighted by Gasteiger charge is 2.31. The SMILES string of the molecule is O=C(Nc1cccc(C(F)(F)F)c1)c1c(/N=C/c2ccc(Cl)cc2)sc2c1CCCC2. The number of fused-ring (bicyclic) bond motifs is 1. The number of nitrogens with one attached hydrogen (secondary N) is 1. The zero-order valence-corrected chi connectivity index (χ0v) is 17.9. The van der Waals surface area contributed by atoms with E-state index in [1.807, 2.05) is 12.1 Å². The molecule has 0 saturated carbocycles. The first-order chi connectivity index (χ1) is 14.8. The summed E-state index contributed by atoms with van der Waals surface area (Å²) in [6, 6.07) is 11.8. The first-order valence-electron chi connectivity index (χ1n) is 9.74. The molecule has 1 amide bonds. The van der Waals surface area contributed by atoms with Crippen LogP contribution in [0.2, 0.25) is 5.02 Å². The van der Waals surface area contributed by atoms with Crippen LogP contribution in [0.15, 0.2) is 53.5 Å². The van der Waals surface area contributed by atoms with Crippen LogP contribution in [0.4, 0.5) is 23.9 Å². The molecular weight excluding hydrogens is 445 g/mol. The Morgan fingerprint density at radius 1 is 1.10 bits per heavy atom. The second-order valence-electron chi connectivity index (χ2n) is 7.23. The van der Waals surface area contributed by atoms with Crippen LogP contribution >= 0.6 is 22.9 Å². The highest BCUT2D eigenvalue weighted by Crippen LogP contribution is 2.40. The molecule has 31 heavy (non-hydrogen) atoms. The lowest BCUT2D eigenvalue weighted by atomic mass is 9.95. The Morgan fingerprint density at radius 3 is 2.58 bits per heavy atom. The largest absolute Gasteiger partial charge is 0.416 e. The molecule has 3 nitrogen and oxygen atoms in total. The highest BCUT2D eigenvalue weighted by atomic mass is 35.5. The highest BCUT2D eigenvalue weighted by molar-refractivity contribution is 7.16. The van der Waals surface area contributed by atoms with Crippen LogP contribution in [0.25, 0.3) is 0 Å². The minimum absolute atomic E-state index is 0.100. The van der Waals surface area contributed by atoms with Gasteiger partial charge in [0.15, 0.2) is 0 Å². The monoisotopic (exact) mass is 462 g/mol. The van der Waals surface area contributed by atoms with Crippen LogP contribution in [0.5, 0.6) is 0 Å². The minimum atomic E-state index is -4.48. The average molecular weight is 463 g/mol. The normalized spacial score (nSPS) is 13.9. The number of hydrogen-bond acceptors (Lipinski definition) is 3. The quantitative estimate of drug-likeness (QED) is 0.406. The summed E-state index contributed by atoms with van der Waals surface area (Å²) in [5, 5.41) is 3.81. The summed E-state index contributed by atoms with van der Waals surface area (Å²) in [5.41, 5.74) is 1.52. The number of aliphatic imine (C=N–C) groups is 1. The van der Waals surface area contributed by atoms with Crippen molar-refractivity contribution in [2.24, 2.45) is 4.99 Å². The van der Waals surface area contributed by atoms with E-state index in [-0.39, 0.29) is 5.69 Å². The van der Waals surface area contributed by atoms with Crippen molar-refractivity contribution < 1.29 is 18.0 Å². The number of thiophene rings is 1. The van der Waals surface area contributed by atoms with E-state index in [2.05, 4.69) is 10.3 Å². The van der Waals surface area contributed by atoms with E-state index in [1.165, 1.54) is 23.5 Å². The van der Waals surface area contributed by atoms with Gasteiger partial charge in [-0.25, -0.2) is 4.99 Å². The smallest absolute Gasteiger partial charge is 0.322 e. The second-order valence-corrected chi connectivity index (χ2v) is 8.75. The molecule has 1 heterocycles. The van der Waals surface area contributed by atoms with Gasteiger partial charge in [-0.15, -0.1) is 11.3 Å². The maximum Gasteiger partial charge on any atom is 0.416 e. The number of halogens is 4. The molecule has 160 valence electrons. The van der Waals surface area contributed by atoms with Crippen molar-refractivity contribution >= 4 is 45.7 Å². The van der Waals surface area contributed by atoms with Crippen LogP contribution in [0.3, 0.4) is 0 Å². The van der Waals surface area contributed by atoms with Gasteiger partial charge in [0.25, 0.3) is 5.91 Å². The van der Waals surface area contributed by atoms with Crippen molar-refractivity contribution in [1.29, 1.82) is 0 Å². The second kappa shape index (κ2) is 8.85. The molecule has 0 saturated heterocycles. The summed E-state index contributed by atoms with van der Waals surface area (Å²) in [7, 11) is 0. The van der Waals surface area contributed by atoms with Gasteiger partial charge in [-0.05, 0) is 67.1 Å². The zero-order valence-electron chi connectivity index (χ0n) is 16.3. The molecule has 0 aliphatic heterocycles. The van der Waals surface area contributed by atoms with Crippen molar-refractivity contribution in [2.75, 3.05) is 5.32 Å². The lowest BCUT2D eigenvalue weighted by molar-refractivity contribution is -0.137. The molecule has 1 N–H and O–H groups in total. The Balaban J connectivity index is 1.66. The predicted octanol–water partition coefficient (Wildman–Crippen LogP) is 7.30. The third-order valence-electron chi connectivity index (χ3n) is 5.03. The van der Waals surface area contributed by atoms with Crippen LogP contribution in [0, 0.1) is 0 Å². The lowest BCUT2D eigenvalue weighted by Crippen LogP contribution is -2.15. The van der Waals surface area contributed by atoms with Gasteiger partial charge in [-0.1, -0.05) is 29.8 Å². The third kappa shape index (κ3) is 4.99. The average Bonchev–Trinajstić information content (AvgIpc) is 3.11. The number of hydrogen-bond donors (Lipinski definition) is 1. The molecular formula is C23H18ClF3N2OS. The number of aryl methyl sites for hydroxylation is 1. The van der Waals surface area contributed by atoms with Crippen LogP contribution in [0.1, 0.15) is 44.8 Å². The number of benzene rings is 2. The van der Waals surface area contributed by atoms with E-state index < -0.39 is 17.6 Å². The Hall–Kier alpha value is -2.64. The van der Waals surface area contributed by atoms with Gasteiger partial charge in [0.1, 0.15) is 5.00 Å². The van der Waals surface area contributed by atoms with Gasteiger partial charge in [0.05, 0.1) is 11.1 Å². The molecule has 1 aliphatic rings. The van der Waals surface area contributed by atoms with Crippen LogP contribution < -0.4 is 5.32 Å². The molecule has 4 rings (SSSR count). The summed E-state index contributed by atoms with van der Waals surface area (Å²) >= 11 is 7.38. The van der Waals surface area contributed by atoms with Gasteiger partial charge in [0, 0.05) is 21.8 Å². The maximum atomic E-state index is 13.1. The first kappa shape index (κ1) is 21.6. The van der Waals surface area contributed by atoms with Gasteiger partial charge in [0.2, 0.25) is 0 Å². The van der Waals surface area contributed by atoms with E-state index in [0.29, 0.717) is 15.6 Å². The molecule has 3 aromatic rings. The molecule has 0 atom stereocenters. The van der Waals surface area contributed by atoms with Crippen molar-refractivity contribution in [1.82, 2.24) is 0 Å². The molecule has 0 unspecified atom stereocenters. The molecule has 0 spiro atoms. The topological polar surface area (TPSA) is 41.5 Å². The summed E-state index contributed by atoms with van der Waals surface area (Å²) in [6.07, 6.45) is 0.829. The van der Waals surface area contributed by atoms with E-state index in [1.54, 1.807) is 18.3 Å². The Morgan fingerprint density at radius 2 is 1.84 bits per heavy atom. The predicted molar refractivity (Wildman–Crippen MR) is 119 cm³/mol. The molecule has 0 bridgehead atoms. The van der Waals surface area contributed by atoms with Crippen molar-refractivity contribution in [3.8, 4) is 0 Å². The Kier molecular flexibility index (Phi) is 6.16. The minimum Gasteiger partial charge on any atom is -0.322 e. The number of carbonyl (C=O) groups excluding carboxylic acids is 1. The van der Waals surface area contributed by atoms with Crippen molar-refractivity contribution in [2.45, 2.75) is 31.9 Å². The summed E-state index contributed by atoms with van der Waals surface area (Å²) in [4.78, 5) is 18.8. The summed E-state index contributed by atoms with van der Waals surface area (Å²) in [5.74, 6) is -0.443. The third-order valence-corrected chi connectivity index (χ3v) is 6.48. The lowest BCUT2D eigenvalue weighted by Gasteiger charge is -2.13. The maximum absolute atomic E-state index is 13.1. The fourth-order valence-corrected chi connectivity index (χ4v) is 4.88. The summed E-state index contributed by atoms with van der Waals surface area (Å²) in [6.45, 7) is 0. The molecule has 2 aromatic carbocycles. The van der Waals surface area contributed by atoms with Gasteiger partial charge >= 0.3 is 6.18 Å².